The summed E-state index contributed by atoms with van der Waals surface area (Å²) in [4.78, 5) is 0. The first-order valence-electron chi connectivity index (χ1n) is 7.56. The highest BCUT2D eigenvalue weighted by atomic mass is 16.5. The summed E-state index contributed by atoms with van der Waals surface area (Å²) >= 11 is 0. The van der Waals surface area contributed by atoms with Gasteiger partial charge in [-0.05, 0) is 19.9 Å². The largest absolute Gasteiger partial charge is 0.494 e. The summed E-state index contributed by atoms with van der Waals surface area (Å²) in [5.41, 5.74) is 5.62. The van der Waals surface area contributed by atoms with Crippen LogP contribution in [0.1, 0.15) is 11.5 Å². The average Bonchev–Trinajstić information content (AvgIpc) is 3.26. The Kier molecular flexibility index (Phi) is 3.16. The Morgan fingerprint density at radius 3 is 2.54 bits per heavy atom. The van der Waals surface area contributed by atoms with E-state index >= 15 is 0 Å². The van der Waals surface area contributed by atoms with E-state index in [9.17, 15) is 0 Å². The third-order valence-electron chi connectivity index (χ3n) is 4.14. The van der Waals surface area contributed by atoms with E-state index in [0.717, 1.165) is 45.0 Å². The van der Waals surface area contributed by atoms with Crippen LogP contribution >= 0.6 is 0 Å². The van der Waals surface area contributed by atoms with Crippen LogP contribution in [-0.4, -0.2) is 31.7 Å². The Bertz CT molecular complexity index is 1020. The molecule has 0 bridgehead atoms. The van der Waals surface area contributed by atoms with Gasteiger partial charge in [0.15, 0.2) is 0 Å². The molecule has 0 aromatic carbocycles. The lowest BCUT2D eigenvalue weighted by atomic mass is 10.0. The Labute approximate surface area is 138 Å². The van der Waals surface area contributed by atoms with Crippen molar-refractivity contribution in [1.29, 1.82) is 0 Å². The number of hydrogen-bond acceptors (Lipinski definition) is 5. The molecular formula is C17H17N5O2. The summed E-state index contributed by atoms with van der Waals surface area (Å²) in [6.45, 7) is 3.82. The molecule has 0 saturated heterocycles. The van der Waals surface area contributed by atoms with Gasteiger partial charge >= 0.3 is 0 Å². The topological polar surface area (TPSA) is 70.4 Å². The van der Waals surface area contributed by atoms with Crippen molar-refractivity contribution >= 4 is 5.52 Å². The van der Waals surface area contributed by atoms with Crippen molar-refractivity contribution < 1.29 is 9.26 Å². The molecule has 4 rings (SSSR count). The molecule has 0 aliphatic carbocycles. The summed E-state index contributed by atoms with van der Waals surface area (Å²) in [6, 6.07) is 2.00. The zero-order chi connectivity index (χ0) is 16.8. The van der Waals surface area contributed by atoms with Crippen molar-refractivity contribution in [2.45, 2.75) is 13.8 Å². The molecule has 0 saturated carbocycles. The van der Waals surface area contributed by atoms with E-state index in [2.05, 4.69) is 15.4 Å². The number of pyridine rings is 1. The van der Waals surface area contributed by atoms with E-state index < -0.39 is 0 Å². The van der Waals surface area contributed by atoms with E-state index in [0.29, 0.717) is 0 Å². The van der Waals surface area contributed by atoms with Crippen molar-refractivity contribution in [3.05, 3.63) is 42.3 Å². The van der Waals surface area contributed by atoms with E-state index in [1.54, 1.807) is 11.8 Å². The Hall–Kier alpha value is -3.09. The average molecular weight is 323 g/mol. The van der Waals surface area contributed by atoms with Gasteiger partial charge in [-0.25, -0.2) is 4.52 Å². The smallest absolute Gasteiger partial charge is 0.145 e. The molecule has 0 spiro atoms. The van der Waals surface area contributed by atoms with Crippen molar-refractivity contribution in [1.82, 2.24) is 24.6 Å². The molecule has 4 aromatic rings. The molecule has 0 N–H and O–H groups in total. The number of methoxy groups -OCH3 is 1. The first-order chi connectivity index (χ1) is 11.6. The fourth-order valence-electron chi connectivity index (χ4n) is 3.02. The first kappa shape index (κ1) is 14.5. The Morgan fingerprint density at radius 2 is 1.92 bits per heavy atom. The van der Waals surface area contributed by atoms with Gasteiger partial charge < -0.3 is 9.26 Å². The lowest BCUT2D eigenvalue weighted by molar-refractivity contribution is 0.393. The zero-order valence-electron chi connectivity index (χ0n) is 13.9. The molecule has 0 atom stereocenters. The van der Waals surface area contributed by atoms with E-state index in [4.69, 9.17) is 9.26 Å². The fourth-order valence-corrected chi connectivity index (χ4v) is 3.02. The van der Waals surface area contributed by atoms with Crippen molar-refractivity contribution in [3.8, 4) is 28.0 Å². The van der Waals surface area contributed by atoms with Crippen LogP contribution in [0, 0.1) is 13.8 Å². The molecule has 122 valence electrons. The van der Waals surface area contributed by atoms with Gasteiger partial charge in [-0.15, -0.1) is 0 Å². The molecule has 0 aliphatic heterocycles. The van der Waals surface area contributed by atoms with E-state index in [1.165, 1.54) is 0 Å². The van der Waals surface area contributed by atoms with Crippen LogP contribution in [0.5, 0.6) is 5.75 Å². The van der Waals surface area contributed by atoms with Gasteiger partial charge in [-0.1, -0.05) is 5.16 Å². The minimum absolute atomic E-state index is 0.740. The van der Waals surface area contributed by atoms with Gasteiger partial charge in [0.1, 0.15) is 17.0 Å². The normalized spacial score (nSPS) is 11.3. The van der Waals surface area contributed by atoms with Crippen LogP contribution in [0.3, 0.4) is 0 Å². The zero-order valence-corrected chi connectivity index (χ0v) is 13.9. The number of hydrogen-bond donors (Lipinski definition) is 0. The maximum absolute atomic E-state index is 5.63. The van der Waals surface area contributed by atoms with E-state index in [1.807, 2.05) is 56.3 Å². The highest BCUT2D eigenvalue weighted by Gasteiger charge is 2.20. The quantitative estimate of drug-likeness (QED) is 0.579. The minimum atomic E-state index is 0.740. The molecule has 0 radical (unpaired) electrons. The second kappa shape index (κ2) is 5.23. The van der Waals surface area contributed by atoms with Gasteiger partial charge in [0.05, 0.1) is 30.8 Å². The van der Waals surface area contributed by atoms with Gasteiger partial charge in [0, 0.05) is 36.1 Å². The highest BCUT2D eigenvalue weighted by Crippen LogP contribution is 2.36. The van der Waals surface area contributed by atoms with Crippen LogP contribution < -0.4 is 4.74 Å². The van der Waals surface area contributed by atoms with Crippen LogP contribution in [0.25, 0.3) is 27.8 Å². The number of aromatic nitrogens is 5. The fraction of sp³-hybridized carbons (Fsp3) is 0.235. The van der Waals surface area contributed by atoms with Crippen molar-refractivity contribution in [3.63, 3.8) is 0 Å². The highest BCUT2D eigenvalue weighted by molar-refractivity contribution is 5.87. The number of rotatable bonds is 3. The maximum atomic E-state index is 5.63. The summed E-state index contributed by atoms with van der Waals surface area (Å²) in [5.74, 6) is 1.50. The summed E-state index contributed by atoms with van der Waals surface area (Å²) < 4.78 is 14.5. The van der Waals surface area contributed by atoms with Crippen LogP contribution in [0.15, 0.2) is 35.4 Å². The number of aryl methyl sites for hydroxylation is 3. The summed E-state index contributed by atoms with van der Waals surface area (Å²) in [5, 5.41) is 12.8. The standard InChI is InChI=1S/C17H17N5O2/c1-10-16(11(2)24-20-10)14-7-19-22-9-12(5-15(23-4)17(14)22)13-6-18-21(3)8-13/h5-9H,1-4H3. The Morgan fingerprint density at radius 1 is 1.08 bits per heavy atom. The molecule has 0 fully saturated rings. The van der Waals surface area contributed by atoms with Crippen LogP contribution in [0.4, 0.5) is 0 Å². The molecule has 0 amide bonds. The van der Waals surface area contributed by atoms with Gasteiger partial charge in [0.2, 0.25) is 0 Å². The maximum Gasteiger partial charge on any atom is 0.145 e. The first-order valence-corrected chi connectivity index (χ1v) is 7.56. The third-order valence-corrected chi connectivity index (χ3v) is 4.14. The van der Waals surface area contributed by atoms with Gasteiger partial charge in [-0.3, -0.25) is 4.68 Å². The lowest BCUT2D eigenvalue weighted by Crippen LogP contribution is -1.94. The third kappa shape index (κ3) is 2.09. The number of ether oxygens (including phenoxy) is 1. The second-order valence-electron chi connectivity index (χ2n) is 5.75. The van der Waals surface area contributed by atoms with Crippen LogP contribution in [-0.2, 0) is 7.05 Å². The van der Waals surface area contributed by atoms with Crippen molar-refractivity contribution in [2.24, 2.45) is 7.05 Å². The van der Waals surface area contributed by atoms with E-state index in [-0.39, 0.29) is 0 Å². The molecule has 7 nitrogen and oxygen atoms in total. The molecule has 24 heavy (non-hydrogen) atoms. The summed E-state index contributed by atoms with van der Waals surface area (Å²) in [6.07, 6.45) is 7.56. The monoisotopic (exact) mass is 323 g/mol. The molecule has 7 heteroatoms. The second-order valence-corrected chi connectivity index (χ2v) is 5.75. The predicted molar refractivity (Wildman–Crippen MR) is 88.9 cm³/mol. The number of fused-ring (bicyclic) bond motifs is 1. The molecule has 0 unspecified atom stereocenters. The minimum Gasteiger partial charge on any atom is -0.494 e. The van der Waals surface area contributed by atoms with Crippen LogP contribution in [0.2, 0.25) is 0 Å². The molecule has 0 aliphatic rings. The molecular weight excluding hydrogens is 306 g/mol. The van der Waals surface area contributed by atoms with Gasteiger partial charge in [-0.2, -0.15) is 10.2 Å². The summed E-state index contributed by atoms with van der Waals surface area (Å²) in [7, 11) is 3.55. The number of nitrogens with zero attached hydrogens (tertiary/aromatic N) is 5. The lowest BCUT2D eigenvalue weighted by Gasteiger charge is -2.08. The van der Waals surface area contributed by atoms with Crippen molar-refractivity contribution in [2.75, 3.05) is 7.11 Å². The predicted octanol–water partition coefficient (Wildman–Crippen LogP) is 3.02. The molecule has 4 heterocycles. The SMILES string of the molecule is COc1cc(-c2cnn(C)c2)cn2ncc(-c3c(C)noc3C)c12. The Balaban J connectivity index is 1.97. The molecule has 4 aromatic heterocycles. The van der Waals surface area contributed by atoms with Gasteiger partial charge in [0.25, 0.3) is 0 Å².